The van der Waals surface area contributed by atoms with Crippen LogP contribution in [0, 0.1) is 30.9 Å². The maximum atomic E-state index is 12.3. The van der Waals surface area contributed by atoms with Crippen molar-refractivity contribution < 1.29 is 19.2 Å². The summed E-state index contributed by atoms with van der Waals surface area (Å²) in [7, 11) is 0. The number of ether oxygens (including phenoxy) is 1. The van der Waals surface area contributed by atoms with Gasteiger partial charge in [-0.2, -0.15) is 0 Å². The van der Waals surface area contributed by atoms with Gasteiger partial charge in [-0.25, -0.2) is 4.79 Å². The molecule has 2 aromatic rings. The van der Waals surface area contributed by atoms with Crippen LogP contribution in [0.2, 0.25) is 0 Å². The third kappa shape index (κ3) is 3.76. The molecule has 0 aliphatic heterocycles. The number of ketones is 1. The molecule has 0 bridgehead atoms. The lowest BCUT2D eigenvalue weighted by Gasteiger charge is -2.07. The Bertz CT molecular complexity index is 851. The first kappa shape index (κ1) is 18.4. The number of nitrogens with zero attached hydrogens (tertiary/aromatic N) is 2. The van der Waals surface area contributed by atoms with Crippen LogP contribution in [0.1, 0.15) is 44.6 Å². The van der Waals surface area contributed by atoms with Gasteiger partial charge in [0.1, 0.15) is 0 Å². The lowest BCUT2D eigenvalue weighted by Crippen LogP contribution is -2.15. The fraction of sp³-hybridized carbons (Fsp3) is 0.333. The number of hydrogen-bond donors (Lipinski definition) is 0. The van der Waals surface area contributed by atoms with Crippen molar-refractivity contribution in [3.63, 3.8) is 0 Å². The van der Waals surface area contributed by atoms with Gasteiger partial charge in [0.25, 0.3) is 5.69 Å². The van der Waals surface area contributed by atoms with Crippen molar-refractivity contribution in [3.8, 4) is 0 Å². The largest absolute Gasteiger partial charge is 0.454 e. The highest BCUT2D eigenvalue weighted by Gasteiger charge is 2.19. The van der Waals surface area contributed by atoms with Crippen molar-refractivity contribution >= 4 is 17.4 Å². The molecule has 1 heterocycles. The zero-order valence-corrected chi connectivity index (χ0v) is 14.7. The lowest BCUT2D eigenvalue weighted by atomic mass is 10.1. The second kappa shape index (κ2) is 7.29. The van der Waals surface area contributed by atoms with Crippen molar-refractivity contribution in [3.05, 3.63) is 62.5 Å². The van der Waals surface area contributed by atoms with E-state index in [2.05, 4.69) is 0 Å². The number of rotatable bonds is 6. The van der Waals surface area contributed by atoms with Gasteiger partial charge in [-0.05, 0) is 39.8 Å². The highest BCUT2D eigenvalue weighted by Crippen LogP contribution is 2.20. The zero-order chi connectivity index (χ0) is 18.7. The van der Waals surface area contributed by atoms with E-state index in [1.807, 2.05) is 25.3 Å². The molecular weight excluding hydrogens is 324 g/mol. The van der Waals surface area contributed by atoms with Crippen LogP contribution in [0.5, 0.6) is 0 Å². The second-order valence-electron chi connectivity index (χ2n) is 5.79. The second-order valence-corrected chi connectivity index (χ2v) is 5.79. The van der Waals surface area contributed by atoms with Gasteiger partial charge in [-0.1, -0.05) is 6.07 Å². The summed E-state index contributed by atoms with van der Waals surface area (Å²) in [6.07, 6.45) is 0. The van der Waals surface area contributed by atoms with Crippen molar-refractivity contribution in [1.29, 1.82) is 0 Å². The van der Waals surface area contributed by atoms with Gasteiger partial charge in [-0.3, -0.25) is 14.9 Å². The summed E-state index contributed by atoms with van der Waals surface area (Å²) in [6.45, 7) is 7.66. The van der Waals surface area contributed by atoms with Crippen LogP contribution in [0.4, 0.5) is 5.69 Å². The van der Waals surface area contributed by atoms with E-state index in [9.17, 15) is 19.7 Å². The number of aryl methyl sites for hydroxylation is 2. The minimum Gasteiger partial charge on any atom is -0.454 e. The summed E-state index contributed by atoms with van der Waals surface area (Å²) < 4.78 is 7.03. The van der Waals surface area contributed by atoms with Crippen LogP contribution in [-0.4, -0.2) is 27.8 Å². The SMILES string of the molecule is CCn1c(C)cc(C(=O)COC(=O)c2ccc(C)c([N+](=O)[O-])c2)c1C. The average molecular weight is 344 g/mol. The van der Waals surface area contributed by atoms with E-state index in [4.69, 9.17) is 4.74 Å². The lowest BCUT2D eigenvalue weighted by molar-refractivity contribution is -0.385. The fourth-order valence-corrected chi connectivity index (χ4v) is 2.80. The molecule has 0 N–H and O–H groups in total. The van der Waals surface area contributed by atoms with Gasteiger partial charge in [0.2, 0.25) is 5.78 Å². The van der Waals surface area contributed by atoms with Crippen LogP contribution in [0.3, 0.4) is 0 Å². The summed E-state index contributed by atoms with van der Waals surface area (Å²) in [5.74, 6) is -1.07. The minimum absolute atomic E-state index is 0.0455. The monoisotopic (exact) mass is 344 g/mol. The molecule has 0 saturated carbocycles. The summed E-state index contributed by atoms with van der Waals surface area (Å²) in [4.78, 5) is 34.8. The van der Waals surface area contributed by atoms with E-state index in [1.165, 1.54) is 12.1 Å². The molecule has 0 amide bonds. The van der Waals surface area contributed by atoms with Gasteiger partial charge in [-0.15, -0.1) is 0 Å². The number of hydrogen-bond acceptors (Lipinski definition) is 5. The Balaban J connectivity index is 2.11. The molecule has 2 rings (SSSR count). The first-order chi connectivity index (χ1) is 11.8. The Morgan fingerprint density at radius 3 is 2.44 bits per heavy atom. The maximum absolute atomic E-state index is 12.3. The Morgan fingerprint density at radius 2 is 1.88 bits per heavy atom. The van der Waals surface area contributed by atoms with E-state index < -0.39 is 17.5 Å². The summed E-state index contributed by atoms with van der Waals surface area (Å²) in [6, 6.07) is 5.85. The molecule has 1 aromatic heterocycles. The zero-order valence-electron chi connectivity index (χ0n) is 14.7. The predicted octanol–water partition coefficient (Wildman–Crippen LogP) is 3.38. The van der Waals surface area contributed by atoms with Crippen molar-refractivity contribution in [2.75, 3.05) is 6.61 Å². The van der Waals surface area contributed by atoms with E-state index in [0.29, 0.717) is 11.1 Å². The number of aromatic nitrogens is 1. The van der Waals surface area contributed by atoms with Crippen LogP contribution in [0.25, 0.3) is 0 Å². The van der Waals surface area contributed by atoms with Gasteiger partial charge in [0.15, 0.2) is 6.61 Å². The van der Waals surface area contributed by atoms with Gasteiger partial charge in [0, 0.05) is 35.1 Å². The Morgan fingerprint density at radius 1 is 1.20 bits per heavy atom. The highest BCUT2D eigenvalue weighted by molar-refractivity contribution is 6.00. The highest BCUT2D eigenvalue weighted by atomic mass is 16.6. The summed E-state index contributed by atoms with van der Waals surface area (Å²) >= 11 is 0. The Hall–Kier alpha value is -2.96. The topological polar surface area (TPSA) is 91.4 Å². The Labute approximate surface area is 145 Å². The molecule has 0 atom stereocenters. The molecule has 0 aliphatic rings. The van der Waals surface area contributed by atoms with Crippen molar-refractivity contribution in [2.24, 2.45) is 0 Å². The van der Waals surface area contributed by atoms with Crippen molar-refractivity contribution in [2.45, 2.75) is 34.2 Å². The molecule has 0 aliphatic carbocycles. The molecule has 1 aromatic carbocycles. The molecule has 132 valence electrons. The summed E-state index contributed by atoms with van der Waals surface area (Å²) in [5, 5.41) is 10.9. The van der Waals surface area contributed by atoms with E-state index >= 15 is 0 Å². The van der Waals surface area contributed by atoms with Gasteiger partial charge in [0.05, 0.1) is 10.5 Å². The maximum Gasteiger partial charge on any atom is 0.338 e. The smallest absolute Gasteiger partial charge is 0.338 e. The molecular formula is C18H20N2O5. The van der Waals surface area contributed by atoms with Gasteiger partial charge < -0.3 is 9.30 Å². The number of Topliss-reactive ketones (excluding diaryl/α,β-unsaturated/α-hetero) is 1. The van der Waals surface area contributed by atoms with Crippen LogP contribution >= 0.6 is 0 Å². The molecule has 7 heteroatoms. The Kier molecular flexibility index (Phi) is 5.36. The molecule has 0 radical (unpaired) electrons. The summed E-state index contributed by atoms with van der Waals surface area (Å²) in [5.41, 5.74) is 2.64. The van der Waals surface area contributed by atoms with E-state index in [0.717, 1.165) is 24.0 Å². The number of benzene rings is 1. The van der Waals surface area contributed by atoms with Crippen LogP contribution < -0.4 is 0 Å². The number of carbonyl (C=O) groups is 2. The third-order valence-corrected chi connectivity index (χ3v) is 4.17. The molecule has 0 unspecified atom stereocenters. The first-order valence-electron chi connectivity index (χ1n) is 7.88. The molecule has 0 saturated heterocycles. The van der Waals surface area contributed by atoms with Crippen LogP contribution in [-0.2, 0) is 11.3 Å². The normalized spacial score (nSPS) is 10.6. The third-order valence-electron chi connectivity index (χ3n) is 4.17. The standard InChI is InChI=1S/C18H20N2O5/c1-5-19-12(3)8-15(13(19)4)17(21)10-25-18(22)14-7-6-11(2)16(9-14)20(23)24/h6-9H,5,10H2,1-4H3. The fourth-order valence-electron chi connectivity index (χ4n) is 2.80. The number of nitro benzene ring substituents is 1. The molecule has 7 nitrogen and oxygen atoms in total. The molecule has 0 fully saturated rings. The number of esters is 1. The van der Waals surface area contributed by atoms with Crippen LogP contribution in [0.15, 0.2) is 24.3 Å². The number of carbonyl (C=O) groups excluding carboxylic acids is 2. The quantitative estimate of drug-likeness (QED) is 0.347. The first-order valence-corrected chi connectivity index (χ1v) is 7.88. The number of nitro groups is 1. The van der Waals surface area contributed by atoms with E-state index in [1.54, 1.807) is 13.0 Å². The predicted molar refractivity (Wildman–Crippen MR) is 92.0 cm³/mol. The van der Waals surface area contributed by atoms with Gasteiger partial charge >= 0.3 is 5.97 Å². The molecule has 25 heavy (non-hydrogen) atoms. The average Bonchev–Trinajstić information content (AvgIpc) is 2.86. The van der Waals surface area contributed by atoms with E-state index in [-0.39, 0.29) is 17.0 Å². The molecule has 0 spiro atoms. The minimum atomic E-state index is -0.763. The van der Waals surface area contributed by atoms with Crippen molar-refractivity contribution in [1.82, 2.24) is 4.57 Å².